The van der Waals surface area contributed by atoms with E-state index in [2.05, 4.69) is 61.4 Å². The van der Waals surface area contributed by atoms with Crippen LogP contribution < -0.4 is 5.32 Å². The largest absolute Gasteiger partial charge is 0.311 e. The Hall–Kier alpha value is -1.19. The predicted molar refractivity (Wildman–Crippen MR) is 82.6 cm³/mol. The Labute approximate surface area is 119 Å². The van der Waals surface area contributed by atoms with E-state index in [1.807, 2.05) is 5.51 Å². The number of hydrogen-bond donors (Lipinski definition) is 1. The summed E-state index contributed by atoms with van der Waals surface area (Å²) in [5, 5.41) is 3.58. The number of aryl methyl sites for hydroxylation is 1. The third-order valence-electron chi connectivity index (χ3n) is 3.53. The molecule has 1 aromatic heterocycles. The van der Waals surface area contributed by atoms with Gasteiger partial charge in [-0.15, -0.1) is 11.3 Å². The van der Waals surface area contributed by atoms with E-state index < -0.39 is 0 Å². The summed E-state index contributed by atoms with van der Waals surface area (Å²) in [6.45, 7) is 8.59. The fraction of sp³-hybridized carbons (Fsp3) is 0.438. The Morgan fingerprint density at radius 1 is 1.21 bits per heavy atom. The molecule has 19 heavy (non-hydrogen) atoms. The quantitative estimate of drug-likeness (QED) is 0.862. The Bertz CT molecular complexity index is 490. The fourth-order valence-corrected chi connectivity index (χ4v) is 3.02. The van der Waals surface area contributed by atoms with Gasteiger partial charge in [-0.05, 0) is 24.3 Å². The molecule has 102 valence electrons. The average Bonchev–Trinajstić information content (AvgIpc) is 2.81. The van der Waals surface area contributed by atoms with Gasteiger partial charge < -0.3 is 5.32 Å². The van der Waals surface area contributed by atoms with Crippen LogP contribution in [0.4, 0.5) is 0 Å². The van der Waals surface area contributed by atoms with Crippen LogP contribution in [0.5, 0.6) is 0 Å². The molecular formula is C16H22N2S. The Morgan fingerprint density at radius 3 is 2.53 bits per heavy atom. The Kier molecular flexibility index (Phi) is 5.11. The van der Waals surface area contributed by atoms with Crippen LogP contribution in [0, 0.1) is 12.8 Å². The lowest BCUT2D eigenvalue weighted by molar-refractivity contribution is 0.462. The van der Waals surface area contributed by atoms with Crippen molar-refractivity contribution >= 4 is 11.3 Å². The van der Waals surface area contributed by atoms with E-state index in [0.29, 0.717) is 11.8 Å². The molecule has 1 aromatic carbocycles. The molecule has 0 saturated heterocycles. The standard InChI is InChI=1S/C16H22N2S/c1-12(2)15(14-7-5-4-6-8-14)9-17-10-16-13(3)18-11-19-16/h4-8,11-12,15,17H,9-10H2,1-3H3. The smallest absolute Gasteiger partial charge is 0.0798 e. The van der Waals surface area contributed by atoms with Crippen molar-refractivity contribution in [1.29, 1.82) is 0 Å². The second-order valence-corrected chi connectivity index (χ2v) is 6.19. The van der Waals surface area contributed by atoms with Crippen molar-refractivity contribution in [3.8, 4) is 0 Å². The van der Waals surface area contributed by atoms with Crippen molar-refractivity contribution in [2.75, 3.05) is 6.54 Å². The van der Waals surface area contributed by atoms with Gasteiger partial charge in [-0.25, -0.2) is 4.98 Å². The molecule has 0 saturated carbocycles. The van der Waals surface area contributed by atoms with E-state index in [-0.39, 0.29) is 0 Å². The number of nitrogens with one attached hydrogen (secondary N) is 1. The average molecular weight is 274 g/mol. The number of aromatic nitrogens is 1. The van der Waals surface area contributed by atoms with Crippen molar-refractivity contribution in [2.45, 2.75) is 33.2 Å². The first-order chi connectivity index (χ1) is 9.18. The Balaban J connectivity index is 1.93. The van der Waals surface area contributed by atoms with Crippen molar-refractivity contribution in [2.24, 2.45) is 5.92 Å². The summed E-state index contributed by atoms with van der Waals surface area (Å²) in [6, 6.07) is 10.8. The molecule has 1 unspecified atom stereocenters. The molecule has 0 aliphatic heterocycles. The molecule has 1 heterocycles. The van der Waals surface area contributed by atoms with Crippen molar-refractivity contribution in [3.63, 3.8) is 0 Å². The molecule has 0 aliphatic rings. The normalized spacial score (nSPS) is 12.8. The number of thiazole rings is 1. The molecule has 1 atom stereocenters. The molecule has 0 aliphatic carbocycles. The molecular weight excluding hydrogens is 252 g/mol. The fourth-order valence-electron chi connectivity index (χ4n) is 2.28. The van der Waals surface area contributed by atoms with Gasteiger partial charge >= 0.3 is 0 Å². The monoisotopic (exact) mass is 274 g/mol. The van der Waals surface area contributed by atoms with Crippen LogP contribution in [-0.4, -0.2) is 11.5 Å². The van der Waals surface area contributed by atoms with Gasteiger partial charge in [-0.2, -0.15) is 0 Å². The molecule has 0 radical (unpaired) electrons. The highest BCUT2D eigenvalue weighted by atomic mass is 32.1. The molecule has 0 fully saturated rings. The van der Waals surface area contributed by atoms with Gasteiger partial charge in [0, 0.05) is 18.0 Å². The molecule has 0 bridgehead atoms. The number of hydrogen-bond acceptors (Lipinski definition) is 3. The van der Waals surface area contributed by atoms with E-state index in [4.69, 9.17) is 0 Å². The highest BCUT2D eigenvalue weighted by Crippen LogP contribution is 2.23. The lowest BCUT2D eigenvalue weighted by Gasteiger charge is -2.21. The molecule has 3 heteroatoms. The maximum absolute atomic E-state index is 4.29. The van der Waals surface area contributed by atoms with Crippen molar-refractivity contribution in [3.05, 3.63) is 52.0 Å². The SMILES string of the molecule is Cc1ncsc1CNCC(c1ccccc1)C(C)C. The van der Waals surface area contributed by atoms with Gasteiger partial charge in [0.25, 0.3) is 0 Å². The number of nitrogens with zero attached hydrogens (tertiary/aromatic N) is 1. The number of rotatable bonds is 6. The zero-order chi connectivity index (χ0) is 13.7. The minimum atomic E-state index is 0.564. The summed E-state index contributed by atoms with van der Waals surface area (Å²) in [4.78, 5) is 5.63. The highest BCUT2D eigenvalue weighted by Gasteiger charge is 2.15. The molecule has 0 spiro atoms. The van der Waals surface area contributed by atoms with E-state index >= 15 is 0 Å². The lowest BCUT2D eigenvalue weighted by Crippen LogP contribution is -2.24. The van der Waals surface area contributed by atoms with Crippen molar-refractivity contribution < 1.29 is 0 Å². The van der Waals surface area contributed by atoms with E-state index in [0.717, 1.165) is 18.8 Å². The predicted octanol–water partition coefficient (Wildman–Crippen LogP) is 3.98. The van der Waals surface area contributed by atoms with Crippen LogP contribution in [0.2, 0.25) is 0 Å². The zero-order valence-electron chi connectivity index (χ0n) is 11.9. The molecule has 1 N–H and O–H groups in total. The first kappa shape index (κ1) is 14.2. The maximum atomic E-state index is 4.29. The highest BCUT2D eigenvalue weighted by molar-refractivity contribution is 7.09. The third kappa shape index (κ3) is 3.88. The van der Waals surface area contributed by atoms with Gasteiger partial charge in [0.15, 0.2) is 0 Å². The van der Waals surface area contributed by atoms with E-state index in [1.165, 1.54) is 10.4 Å². The van der Waals surface area contributed by atoms with Crippen LogP contribution in [0.25, 0.3) is 0 Å². The first-order valence-electron chi connectivity index (χ1n) is 6.83. The second-order valence-electron chi connectivity index (χ2n) is 5.25. The van der Waals surface area contributed by atoms with Crippen molar-refractivity contribution in [1.82, 2.24) is 10.3 Å². The van der Waals surface area contributed by atoms with Gasteiger partial charge in [0.1, 0.15) is 0 Å². The molecule has 2 nitrogen and oxygen atoms in total. The minimum absolute atomic E-state index is 0.564. The summed E-state index contributed by atoms with van der Waals surface area (Å²) in [6.07, 6.45) is 0. The van der Waals surface area contributed by atoms with Crippen LogP contribution in [0.3, 0.4) is 0 Å². The summed E-state index contributed by atoms with van der Waals surface area (Å²) in [7, 11) is 0. The van der Waals surface area contributed by atoms with Crippen LogP contribution in [0.15, 0.2) is 35.8 Å². The topological polar surface area (TPSA) is 24.9 Å². The first-order valence-corrected chi connectivity index (χ1v) is 7.71. The van der Waals surface area contributed by atoms with Gasteiger partial charge in [-0.3, -0.25) is 0 Å². The zero-order valence-corrected chi connectivity index (χ0v) is 12.7. The summed E-state index contributed by atoms with van der Waals surface area (Å²) in [5.41, 5.74) is 4.49. The van der Waals surface area contributed by atoms with Crippen LogP contribution in [-0.2, 0) is 6.54 Å². The molecule has 0 amide bonds. The summed E-state index contributed by atoms with van der Waals surface area (Å²) < 4.78 is 0. The van der Waals surface area contributed by atoms with Crippen LogP contribution in [0.1, 0.15) is 35.9 Å². The maximum Gasteiger partial charge on any atom is 0.0798 e. The number of benzene rings is 1. The summed E-state index contributed by atoms with van der Waals surface area (Å²) >= 11 is 1.73. The summed E-state index contributed by atoms with van der Waals surface area (Å²) in [5.74, 6) is 1.20. The molecule has 2 rings (SSSR count). The lowest BCUT2D eigenvalue weighted by atomic mass is 9.88. The van der Waals surface area contributed by atoms with Gasteiger partial charge in [0.05, 0.1) is 11.2 Å². The van der Waals surface area contributed by atoms with E-state index in [9.17, 15) is 0 Å². The third-order valence-corrected chi connectivity index (χ3v) is 4.46. The Morgan fingerprint density at radius 2 is 1.95 bits per heavy atom. The minimum Gasteiger partial charge on any atom is -0.311 e. The van der Waals surface area contributed by atoms with Crippen LogP contribution >= 0.6 is 11.3 Å². The molecule has 2 aromatic rings. The van der Waals surface area contributed by atoms with Gasteiger partial charge in [0.2, 0.25) is 0 Å². The van der Waals surface area contributed by atoms with Gasteiger partial charge in [-0.1, -0.05) is 44.2 Å². The van der Waals surface area contributed by atoms with E-state index in [1.54, 1.807) is 11.3 Å². The second kappa shape index (κ2) is 6.83.